The topological polar surface area (TPSA) is 48.9 Å². The predicted molar refractivity (Wildman–Crippen MR) is 99.0 cm³/mol. The molecule has 0 radical (unpaired) electrons. The first kappa shape index (κ1) is 21.8. The Hall–Kier alpha value is -0.290. The third-order valence-electron chi connectivity index (χ3n) is 3.92. The van der Waals surface area contributed by atoms with Crippen LogP contribution < -0.4 is 10.6 Å². The molecule has 1 saturated heterocycles. The van der Waals surface area contributed by atoms with E-state index in [1.54, 1.807) is 0 Å². The zero-order valence-corrected chi connectivity index (χ0v) is 16.4. The van der Waals surface area contributed by atoms with Crippen LogP contribution in [0, 0.1) is 5.92 Å². The van der Waals surface area contributed by atoms with Gasteiger partial charge in [-0.05, 0) is 32.1 Å². The molecule has 9 heteroatoms. The summed E-state index contributed by atoms with van der Waals surface area (Å²) in [5, 5.41) is 6.35. The third-order valence-corrected chi connectivity index (χ3v) is 3.92. The lowest BCUT2D eigenvalue weighted by atomic mass is 10.3. The van der Waals surface area contributed by atoms with E-state index >= 15 is 0 Å². The van der Waals surface area contributed by atoms with E-state index in [4.69, 9.17) is 4.74 Å². The third kappa shape index (κ3) is 9.26. The van der Waals surface area contributed by atoms with Gasteiger partial charge < -0.3 is 15.4 Å². The van der Waals surface area contributed by atoms with Crippen LogP contribution in [0.25, 0.3) is 0 Å². The van der Waals surface area contributed by atoms with Crippen LogP contribution in [0.4, 0.5) is 13.2 Å². The van der Waals surface area contributed by atoms with Gasteiger partial charge in [-0.15, -0.1) is 24.0 Å². The minimum Gasteiger partial charge on any atom is -0.379 e. The second-order valence-corrected chi connectivity index (χ2v) is 6.26. The first-order valence-electron chi connectivity index (χ1n) is 8.38. The van der Waals surface area contributed by atoms with Crippen LogP contribution in [0.5, 0.6) is 0 Å². The Kier molecular flexibility index (Phi) is 9.65. The summed E-state index contributed by atoms with van der Waals surface area (Å²) in [6, 6.07) is 0.00234. The van der Waals surface area contributed by atoms with Gasteiger partial charge in [-0.3, -0.25) is 9.89 Å². The summed E-state index contributed by atoms with van der Waals surface area (Å²) in [5.41, 5.74) is 0. The molecule has 0 bridgehead atoms. The molecule has 5 nitrogen and oxygen atoms in total. The normalized spacial score (nSPS) is 22.3. The van der Waals surface area contributed by atoms with Gasteiger partial charge in [-0.1, -0.05) is 0 Å². The molecule has 1 heterocycles. The number of ether oxygens (including phenoxy) is 1. The summed E-state index contributed by atoms with van der Waals surface area (Å²) >= 11 is 0. The van der Waals surface area contributed by atoms with Gasteiger partial charge in [0.05, 0.1) is 19.7 Å². The summed E-state index contributed by atoms with van der Waals surface area (Å²) in [6.07, 6.45) is -0.905. The quantitative estimate of drug-likeness (QED) is 0.251. The highest BCUT2D eigenvalue weighted by atomic mass is 127. The molecule has 1 atom stereocenters. The Balaban J connectivity index is 0.00000288. The lowest BCUT2D eigenvalue weighted by Crippen LogP contribution is -2.45. The number of aliphatic imine (C=N–C) groups is 1. The van der Waals surface area contributed by atoms with E-state index in [2.05, 4.69) is 15.6 Å². The van der Waals surface area contributed by atoms with E-state index in [0.29, 0.717) is 45.2 Å². The van der Waals surface area contributed by atoms with Crippen molar-refractivity contribution in [1.82, 2.24) is 15.5 Å². The van der Waals surface area contributed by atoms with Gasteiger partial charge >= 0.3 is 6.18 Å². The van der Waals surface area contributed by atoms with E-state index < -0.39 is 12.7 Å². The number of hydrogen-bond acceptors (Lipinski definition) is 3. The molecular formula is C15H28F3IN4O. The minimum atomic E-state index is -4.13. The summed E-state index contributed by atoms with van der Waals surface area (Å²) in [6.45, 7) is 4.64. The van der Waals surface area contributed by atoms with Gasteiger partial charge in [-0.2, -0.15) is 13.2 Å². The van der Waals surface area contributed by atoms with Crippen LogP contribution in [0.3, 0.4) is 0 Å². The lowest BCUT2D eigenvalue weighted by Gasteiger charge is -2.19. The molecule has 24 heavy (non-hydrogen) atoms. The molecule has 1 saturated carbocycles. The van der Waals surface area contributed by atoms with Crippen molar-refractivity contribution < 1.29 is 17.9 Å². The summed E-state index contributed by atoms with van der Waals surface area (Å²) < 4.78 is 42.8. The second kappa shape index (κ2) is 10.6. The molecule has 1 aliphatic carbocycles. The first-order valence-corrected chi connectivity index (χ1v) is 8.38. The van der Waals surface area contributed by atoms with Gasteiger partial charge in [0, 0.05) is 32.3 Å². The van der Waals surface area contributed by atoms with Gasteiger partial charge in [0.2, 0.25) is 0 Å². The van der Waals surface area contributed by atoms with Crippen molar-refractivity contribution in [2.24, 2.45) is 10.9 Å². The van der Waals surface area contributed by atoms with Gasteiger partial charge in [0.25, 0.3) is 0 Å². The number of guanidine groups is 1. The fraction of sp³-hybridized carbons (Fsp3) is 0.933. The molecule has 142 valence electrons. The minimum absolute atomic E-state index is 0. The molecule has 1 unspecified atom stereocenters. The molecule has 0 aromatic heterocycles. The molecular weight excluding hydrogens is 436 g/mol. The highest BCUT2D eigenvalue weighted by Gasteiger charge is 2.34. The van der Waals surface area contributed by atoms with Crippen LogP contribution >= 0.6 is 24.0 Å². The highest BCUT2D eigenvalue weighted by Crippen LogP contribution is 2.28. The number of nitrogens with zero attached hydrogens (tertiary/aromatic N) is 2. The monoisotopic (exact) mass is 464 g/mol. The Morgan fingerprint density at radius 1 is 1.29 bits per heavy atom. The molecule has 0 aromatic carbocycles. The maximum absolute atomic E-state index is 12.4. The van der Waals surface area contributed by atoms with Crippen molar-refractivity contribution in [1.29, 1.82) is 0 Å². The number of hydrogen-bond donors (Lipinski definition) is 2. The summed E-state index contributed by atoms with van der Waals surface area (Å²) in [7, 11) is 0. The van der Waals surface area contributed by atoms with Crippen molar-refractivity contribution in [3.63, 3.8) is 0 Å². The average molecular weight is 464 g/mol. The standard InChI is InChI=1S/C15H27F3N4O.HI/c1-2-19-14(20-6-8-23-10-12-3-4-12)21-13-5-7-22(9-13)11-15(16,17)18;/h12-13H,2-11H2,1H3,(H2,19,20,21);1H. The van der Waals surface area contributed by atoms with E-state index in [0.717, 1.165) is 12.5 Å². The number of likely N-dealkylation sites (tertiary alicyclic amines) is 1. The number of rotatable bonds is 8. The molecule has 2 rings (SSSR count). The molecule has 1 aliphatic heterocycles. The van der Waals surface area contributed by atoms with E-state index in [1.165, 1.54) is 17.7 Å². The number of nitrogens with one attached hydrogen (secondary N) is 2. The average Bonchev–Trinajstić information content (AvgIpc) is 3.18. The SMILES string of the molecule is CCNC(=NCCOCC1CC1)NC1CCN(CC(F)(F)F)C1.I. The molecule has 2 fully saturated rings. The Morgan fingerprint density at radius 3 is 2.67 bits per heavy atom. The fourth-order valence-electron chi connectivity index (χ4n) is 2.62. The lowest BCUT2D eigenvalue weighted by molar-refractivity contribution is -0.143. The first-order chi connectivity index (χ1) is 11.0. The second-order valence-electron chi connectivity index (χ2n) is 6.26. The van der Waals surface area contributed by atoms with Gasteiger partial charge in [0.15, 0.2) is 5.96 Å². The van der Waals surface area contributed by atoms with Crippen molar-refractivity contribution >= 4 is 29.9 Å². The van der Waals surface area contributed by atoms with Crippen LogP contribution in [-0.4, -0.2) is 69.0 Å². The Morgan fingerprint density at radius 2 is 2.04 bits per heavy atom. The predicted octanol–water partition coefficient (Wildman–Crippen LogP) is 2.22. The van der Waals surface area contributed by atoms with Gasteiger partial charge in [-0.25, -0.2) is 0 Å². The Labute approximate surface area is 158 Å². The van der Waals surface area contributed by atoms with Crippen molar-refractivity contribution in [2.75, 3.05) is 45.9 Å². The largest absolute Gasteiger partial charge is 0.401 e. The molecule has 0 aromatic rings. The smallest absolute Gasteiger partial charge is 0.379 e. The molecule has 2 N–H and O–H groups in total. The number of alkyl halides is 3. The van der Waals surface area contributed by atoms with E-state index in [1.807, 2.05) is 6.92 Å². The maximum Gasteiger partial charge on any atom is 0.401 e. The van der Waals surface area contributed by atoms with Crippen LogP contribution in [0.2, 0.25) is 0 Å². The van der Waals surface area contributed by atoms with Crippen LogP contribution in [0.1, 0.15) is 26.2 Å². The molecule has 2 aliphatic rings. The molecule has 0 amide bonds. The fourth-order valence-corrected chi connectivity index (χ4v) is 2.62. The number of halogens is 4. The van der Waals surface area contributed by atoms with Gasteiger partial charge in [0.1, 0.15) is 0 Å². The van der Waals surface area contributed by atoms with Crippen molar-refractivity contribution in [3.05, 3.63) is 0 Å². The van der Waals surface area contributed by atoms with Crippen molar-refractivity contribution in [3.8, 4) is 0 Å². The Bertz CT molecular complexity index is 391. The molecule has 0 spiro atoms. The summed E-state index contributed by atoms with van der Waals surface area (Å²) in [4.78, 5) is 5.85. The van der Waals surface area contributed by atoms with E-state index in [9.17, 15) is 13.2 Å². The van der Waals surface area contributed by atoms with E-state index in [-0.39, 0.29) is 30.0 Å². The zero-order valence-electron chi connectivity index (χ0n) is 14.1. The maximum atomic E-state index is 12.4. The van der Waals surface area contributed by atoms with Crippen LogP contribution in [0.15, 0.2) is 4.99 Å². The van der Waals surface area contributed by atoms with Crippen LogP contribution in [-0.2, 0) is 4.74 Å². The van der Waals surface area contributed by atoms with Crippen molar-refractivity contribution in [2.45, 2.75) is 38.4 Å². The highest BCUT2D eigenvalue weighted by molar-refractivity contribution is 14.0. The summed E-state index contributed by atoms with van der Waals surface area (Å²) in [5.74, 6) is 1.39. The zero-order chi connectivity index (χ0) is 16.7.